The van der Waals surface area contributed by atoms with Crippen molar-refractivity contribution in [3.63, 3.8) is 0 Å². The summed E-state index contributed by atoms with van der Waals surface area (Å²) in [6, 6.07) is 10.8. The molecule has 21 heavy (non-hydrogen) atoms. The van der Waals surface area contributed by atoms with Crippen LogP contribution in [0.15, 0.2) is 53.7 Å². The molecule has 0 aliphatic rings. The van der Waals surface area contributed by atoms with Gasteiger partial charge in [-0.15, -0.1) is 0 Å². The normalized spacial score (nSPS) is 12.5. The molecule has 0 spiro atoms. The highest BCUT2D eigenvalue weighted by Gasteiger charge is 2.16. The highest BCUT2D eigenvalue weighted by atomic mass is 35.5. The van der Waals surface area contributed by atoms with E-state index in [1.807, 2.05) is 25.1 Å². The lowest BCUT2D eigenvalue weighted by molar-refractivity contribution is 0.531. The minimum Gasteiger partial charge on any atom is -0.289 e. The van der Waals surface area contributed by atoms with E-state index in [-0.39, 0.29) is 11.6 Å². The molecule has 0 bridgehead atoms. The summed E-state index contributed by atoms with van der Waals surface area (Å²) in [5, 5.41) is 0.881. The van der Waals surface area contributed by atoms with Gasteiger partial charge in [0.05, 0.1) is 34.0 Å². The van der Waals surface area contributed by atoms with Gasteiger partial charge in [0.2, 0.25) is 0 Å². The molecule has 0 aliphatic heterocycles. The summed E-state index contributed by atoms with van der Waals surface area (Å²) in [5.41, 5.74) is 1.32. The summed E-state index contributed by atoms with van der Waals surface area (Å²) in [5.74, 6) is 0. The molecule has 1 aromatic carbocycles. The van der Waals surface area contributed by atoms with Gasteiger partial charge in [0.15, 0.2) is 0 Å². The lowest BCUT2D eigenvalue weighted by Gasteiger charge is -2.17. The molecule has 0 unspecified atom stereocenters. The van der Waals surface area contributed by atoms with Crippen molar-refractivity contribution in [2.24, 2.45) is 0 Å². The summed E-state index contributed by atoms with van der Waals surface area (Å²) in [6.07, 6.45) is 4.04. The van der Waals surface area contributed by atoms with Gasteiger partial charge in [0, 0.05) is 6.20 Å². The Labute approximate surface area is 127 Å². The van der Waals surface area contributed by atoms with E-state index in [0.717, 1.165) is 12.1 Å². The SMILES string of the molecule is CC[C@H](c1ccccn1)n1cnc2cccc(Cl)c2c1=O. The van der Waals surface area contributed by atoms with Crippen molar-refractivity contribution in [2.75, 3.05) is 0 Å². The summed E-state index contributed by atoms with van der Waals surface area (Å²) in [7, 11) is 0. The Morgan fingerprint density at radius 2 is 2.05 bits per heavy atom. The van der Waals surface area contributed by atoms with Gasteiger partial charge in [0.25, 0.3) is 5.56 Å². The van der Waals surface area contributed by atoms with Crippen molar-refractivity contribution in [2.45, 2.75) is 19.4 Å². The van der Waals surface area contributed by atoms with Crippen molar-refractivity contribution in [1.82, 2.24) is 14.5 Å². The van der Waals surface area contributed by atoms with Crippen LogP contribution in [0.3, 0.4) is 0 Å². The third kappa shape index (κ3) is 2.43. The van der Waals surface area contributed by atoms with Crippen LogP contribution in [0, 0.1) is 0 Å². The first-order valence-electron chi connectivity index (χ1n) is 6.78. The van der Waals surface area contributed by atoms with Crippen molar-refractivity contribution in [1.29, 1.82) is 0 Å². The second-order valence-corrected chi connectivity index (χ2v) is 5.18. The second-order valence-electron chi connectivity index (χ2n) is 4.77. The molecule has 0 fully saturated rings. The van der Waals surface area contributed by atoms with Gasteiger partial charge < -0.3 is 0 Å². The molecule has 0 radical (unpaired) electrons. The zero-order valence-electron chi connectivity index (χ0n) is 11.5. The highest BCUT2D eigenvalue weighted by Crippen LogP contribution is 2.21. The number of hydrogen-bond acceptors (Lipinski definition) is 3. The summed E-state index contributed by atoms with van der Waals surface area (Å²) in [4.78, 5) is 21.4. The lowest BCUT2D eigenvalue weighted by atomic mass is 10.1. The lowest BCUT2D eigenvalue weighted by Crippen LogP contribution is -2.26. The summed E-state index contributed by atoms with van der Waals surface area (Å²) >= 11 is 6.16. The third-order valence-electron chi connectivity index (χ3n) is 3.51. The molecule has 1 atom stereocenters. The highest BCUT2D eigenvalue weighted by molar-refractivity contribution is 6.35. The Balaban J connectivity index is 2.23. The average Bonchev–Trinajstić information content (AvgIpc) is 2.51. The van der Waals surface area contributed by atoms with Crippen molar-refractivity contribution < 1.29 is 0 Å². The molecule has 2 aromatic heterocycles. The molecular weight excluding hydrogens is 286 g/mol. The first-order chi connectivity index (χ1) is 10.2. The topological polar surface area (TPSA) is 47.8 Å². The predicted octanol–water partition coefficient (Wildman–Crippen LogP) is 3.44. The second kappa shape index (κ2) is 5.66. The third-order valence-corrected chi connectivity index (χ3v) is 3.83. The van der Waals surface area contributed by atoms with Crippen LogP contribution >= 0.6 is 11.6 Å². The zero-order valence-corrected chi connectivity index (χ0v) is 12.3. The number of benzene rings is 1. The Bertz CT molecular complexity index is 830. The fraction of sp³-hybridized carbons (Fsp3) is 0.188. The molecule has 2 heterocycles. The van der Waals surface area contributed by atoms with Crippen LogP contribution in [0.1, 0.15) is 25.1 Å². The fourth-order valence-corrected chi connectivity index (χ4v) is 2.73. The van der Waals surface area contributed by atoms with E-state index in [2.05, 4.69) is 9.97 Å². The van der Waals surface area contributed by atoms with Gasteiger partial charge in [-0.2, -0.15) is 0 Å². The number of pyridine rings is 1. The molecule has 0 saturated carbocycles. The number of nitrogens with zero attached hydrogens (tertiary/aromatic N) is 3. The van der Waals surface area contributed by atoms with Gasteiger partial charge in [-0.25, -0.2) is 4.98 Å². The van der Waals surface area contributed by atoms with E-state index in [9.17, 15) is 4.79 Å². The van der Waals surface area contributed by atoms with Crippen LogP contribution in [-0.4, -0.2) is 14.5 Å². The van der Waals surface area contributed by atoms with E-state index in [0.29, 0.717) is 15.9 Å². The van der Waals surface area contributed by atoms with E-state index in [1.165, 1.54) is 0 Å². The Hall–Kier alpha value is -2.20. The smallest absolute Gasteiger partial charge is 0.263 e. The monoisotopic (exact) mass is 299 g/mol. The van der Waals surface area contributed by atoms with E-state index < -0.39 is 0 Å². The van der Waals surface area contributed by atoms with Crippen LogP contribution in [0.2, 0.25) is 5.02 Å². The zero-order chi connectivity index (χ0) is 14.8. The molecule has 3 rings (SSSR count). The number of rotatable bonds is 3. The molecule has 0 aliphatic carbocycles. The van der Waals surface area contributed by atoms with Crippen molar-refractivity contribution in [3.05, 3.63) is 70.0 Å². The van der Waals surface area contributed by atoms with Gasteiger partial charge in [0.1, 0.15) is 0 Å². The molecule has 4 nitrogen and oxygen atoms in total. The standard InChI is InChI=1S/C16H14ClN3O/c1-2-14(12-7-3-4-9-18-12)20-10-19-13-8-5-6-11(17)15(13)16(20)21/h3-10,14H,2H2,1H3/t14-/m1/s1. The van der Waals surface area contributed by atoms with Crippen molar-refractivity contribution in [3.8, 4) is 0 Å². The van der Waals surface area contributed by atoms with Crippen LogP contribution in [0.5, 0.6) is 0 Å². The van der Waals surface area contributed by atoms with Gasteiger partial charge >= 0.3 is 0 Å². The van der Waals surface area contributed by atoms with Gasteiger partial charge in [-0.3, -0.25) is 14.3 Å². The Kier molecular flexibility index (Phi) is 3.71. The quantitative estimate of drug-likeness (QED) is 0.744. The molecule has 106 valence electrons. The molecule has 3 aromatic rings. The van der Waals surface area contributed by atoms with E-state index >= 15 is 0 Å². The fourth-order valence-electron chi connectivity index (χ4n) is 2.48. The van der Waals surface area contributed by atoms with Crippen LogP contribution in [-0.2, 0) is 0 Å². The van der Waals surface area contributed by atoms with Crippen LogP contribution in [0.25, 0.3) is 10.9 Å². The average molecular weight is 300 g/mol. The molecule has 0 amide bonds. The molecule has 0 saturated heterocycles. The minimum atomic E-state index is -0.146. The summed E-state index contributed by atoms with van der Waals surface area (Å²) in [6.45, 7) is 2.02. The molecule has 5 heteroatoms. The predicted molar refractivity (Wildman–Crippen MR) is 83.7 cm³/mol. The number of aromatic nitrogens is 3. The molecular formula is C16H14ClN3O. The number of hydrogen-bond donors (Lipinski definition) is 0. The van der Waals surface area contributed by atoms with E-state index in [1.54, 1.807) is 35.3 Å². The maximum Gasteiger partial charge on any atom is 0.263 e. The first kappa shape index (κ1) is 13.8. The van der Waals surface area contributed by atoms with Crippen LogP contribution in [0.4, 0.5) is 0 Å². The minimum absolute atomic E-state index is 0.136. The maximum absolute atomic E-state index is 12.7. The Morgan fingerprint density at radius 3 is 2.76 bits per heavy atom. The Morgan fingerprint density at radius 1 is 1.19 bits per heavy atom. The van der Waals surface area contributed by atoms with E-state index in [4.69, 9.17) is 11.6 Å². The first-order valence-corrected chi connectivity index (χ1v) is 7.16. The van der Waals surface area contributed by atoms with Crippen molar-refractivity contribution >= 4 is 22.5 Å². The number of fused-ring (bicyclic) bond motifs is 1. The molecule has 0 N–H and O–H groups in total. The summed E-state index contributed by atoms with van der Waals surface area (Å²) < 4.78 is 1.61. The number of halogens is 1. The van der Waals surface area contributed by atoms with Gasteiger partial charge in [-0.05, 0) is 30.7 Å². The largest absolute Gasteiger partial charge is 0.289 e. The van der Waals surface area contributed by atoms with Crippen LogP contribution < -0.4 is 5.56 Å². The van der Waals surface area contributed by atoms with Gasteiger partial charge in [-0.1, -0.05) is 30.7 Å². The maximum atomic E-state index is 12.7.